The second-order valence-electron chi connectivity index (χ2n) is 5.81. The zero-order valence-corrected chi connectivity index (χ0v) is 13.4. The molecule has 0 amide bonds. The third kappa shape index (κ3) is 3.33. The number of unbranched alkanes of at least 4 members (excludes halogenated alkanes) is 2. The SMILES string of the molecule is OCCCCCNc1nc(Cl)nc2c1ncn2C1CCCC1. The van der Waals surface area contributed by atoms with E-state index in [0.717, 1.165) is 37.0 Å². The van der Waals surface area contributed by atoms with Gasteiger partial charge in [-0.3, -0.25) is 0 Å². The zero-order valence-electron chi connectivity index (χ0n) is 12.6. The van der Waals surface area contributed by atoms with E-state index in [-0.39, 0.29) is 11.9 Å². The van der Waals surface area contributed by atoms with Crippen molar-refractivity contribution < 1.29 is 5.11 Å². The van der Waals surface area contributed by atoms with Crippen molar-refractivity contribution >= 4 is 28.6 Å². The predicted octanol–water partition coefficient (Wildman–Crippen LogP) is 3.17. The van der Waals surface area contributed by atoms with E-state index >= 15 is 0 Å². The van der Waals surface area contributed by atoms with Crippen molar-refractivity contribution in [3.8, 4) is 0 Å². The van der Waals surface area contributed by atoms with Gasteiger partial charge in [0.25, 0.3) is 0 Å². The Morgan fingerprint density at radius 1 is 1.23 bits per heavy atom. The van der Waals surface area contributed by atoms with Crippen molar-refractivity contribution in [2.45, 2.75) is 51.0 Å². The molecule has 1 aliphatic carbocycles. The summed E-state index contributed by atoms with van der Waals surface area (Å²) in [5.74, 6) is 0.704. The van der Waals surface area contributed by atoms with Crippen LogP contribution < -0.4 is 5.32 Å². The Kier molecular flexibility index (Phi) is 5.10. The number of aromatic nitrogens is 4. The lowest BCUT2D eigenvalue weighted by molar-refractivity contribution is 0.283. The Morgan fingerprint density at radius 2 is 2.05 bits per heavy atom. The summed E-state index contributed by atoms with van der Waals surface area (Å²) in [4.78, 5) is 13.2. The monoisotopic (exact) mass is 323 g/mol. The Labute approximate surface area is 134 Å². The van der Waals surface area contributed by atoms with Crippen molar-refractivity contribution in [3.63, 3.8) is 0 Å². The molecule has 0 aromatic carbocycles. The minimum Gasteiger partial charge on any atom is -0.396 e. The number of aliphatic hydroxyl groups is 1. The minimum absolute atomic E-state index is 0.245. The fourth-order valence-electron chi connectivity index (χ4n) is 3.08. The number of hydrogen-bond donors (Lipinski definition) is 2. The van der Waals surface area contributed by atoms with Crippen molar-refractivity contribution in [2.75, 3.05) is 18.5 Å². The normalized spacial score (nSPS) is 15.7. The van der Waals surface area contributed by atoms with Gasteiger partial charge in [0.2, 0.25) is 5.28 Å². The first-order valence-electron chi connectivity index (χ1n) is 8.04. The van der Waals surface area contributed by atoms with Crippen molar-refractivity contribution in [1.82, 2.24) is 19.5 Å². The topological polar surface area (TPSA) is 75.9 Å². The third-order valence-electron chi connectivity index (χ3n) is 4.24. The van der Waals surface area contributed by atoms with Crippen molar-refractivity contribution in [2.24, 2.45) is 0 Å². The van der Waals surface area contributed by atoms with Gasteiger partial charge in [0.05, 0.1) is 6.33 Å². The molecule has 6 nitrogen and oxygen atoms in total. The van der Waals surface area contributed by atoms with Crippen LogP contribution in [0, 0.1) is 0 Å². The maximum atomic E-state index is 8.80. The number of rotatable bonds is 7. The molecule has 1 aliphatic rings. The van der Waals surface area contributed by atoms with Crippen LogP contribution in [0.15, 0.2) is 6.33 Å². The number of fused-ring (bicyclic) bond motifs is 1. The molecule has 2 aromatic rings. The summed E-state index contributed by atoms with van der Waals surface area (Å²) in [6.07, 6.45) is 9.54. The molecule has 2 heterocycles. The third-order valence-corrected chi connectivity index (χ3v) is 4.41. The highest BCUT2D eigenvalue weighted by molar-refractivity contribution is 6.28. The smallest absolute Gasteiger partial charge is 0.226 e. The van der Waals surface area contributed by atoms with Crippen LogP contribution in [0.3, 0.4) is 0 Å². The van der Waals surface area contributed by atoms with Gasteiger partial charge in [-0.15, -0.1) is 0 Å². The molecule has 0 atom stereocenters. The summed E-state index contributed by atoms with van der Waals surface area (Å²) in [5.41, 5.74) is 1.61. The molecule has 7 heteroatoms. The molecular formula is C15H22ClN5O. The Hall–Kier alpha value is -1.40. The van der Waals surface area contributed by atoms with E-state index in [4.69, 9.17) is 16.7 Å². The molecule has 2 aromatic heterocycles. The van der Waals surface area contributed by atoms with Crippen LogP contribution in [0.5, 0.6) is 0 Å². The summed E-state index contributed by atoms with van der Waals surface area (Å²) < 4.78 is 2.15. The first-order valence-corrected chi connectivity index (χ1v) is 8.42. The fourth-order valence-corrected chi connectivity index (χ4v) is 3.25. The summed E-state index contributed by atoms with van der Waals surface area (Å²) in [5, 5.41) is 12.3. The lowest BCUT2D eigenvalue weighted by Gasteiger charge is -2.12. The maximum absolute atomic E-state index is 8.80. The van der Waals surface area contributed by atoms with Gasteiger partial charge >= 0.3 is 0 Å². The molecular weight excluding hydrogens is 302 g/mol. The van der Waals surface area contributed by atoms with Crippen LogP contribution in [0.4, 0.5) is 5.82 Å². The molecule has 0 aliphatic heterocycles. The van der Waals surface area contributed by atoms with Crippen LogP contribution in [-0.2, 0) is 0 Å². The van der Waals surface area contributed by atoms with Gasteiger partial charge in [0.15, 0.2) is 17.0 Å². The second kappa shape index (κ2) is 7.24. The van der Waals surface area contributed by atoms with E-state index in [9.17, 15) is 0 Å². The molecule has 0 radical (unpaired) electrons. The van der Waals surface area contributed by atoms with Gasteiger partial charge in [0.1, 0.15) is 0 Å². The molecule has 2 N–H and O–H groups in total. The van der Waals surface area contributed by atoms with Crippen LogP contribution in [0.1, 0.15) is 51.0 Å². The van der Waals surface area contributed by atoms with Gasteiger partial charge in [-0.2, -0.15) is 9.97 Å². The van der Waals surface area contributed by atoms with Gasteiger partial charge in [-0.1, -0.05) is 12.8 Å². The number of anilines is 1. The molecule has 22 heavy (non-hydrogen) atoms. The fraction of sp³-hybridized carbons (Fsp3) is 0.667. The van der Waals surface area contributed by atoms with Gasteiger partial charge in [-0.25, -0.2) is 4.98 Å². The van der Waals surface area contributed by atoms with E-state index in [1.807, 2.05) is 6.33 Å². The first-order chi connectivity index (χ1) is 10.8. The Balaban J connectivity index is 1.78. The number of aliphatic hydroxyl groups excluding tert-OH is 1. The largest absolute Gasteiger partial charge is 0.396 e. The van der Waals surface area contributed by atoms with Gasteiger partial charge in [0, 0.05) is 19.2 Å². The lowest BCUT2D eigenvalue weighted by Crippen LogP contribution is -2.07. The van der Waals surface area contributed by atoms with Crippen LogP contribution in [-0.4, -0.2) is 37.8 Å². The summed E-state index contributed by atoms with van der Waals surface area (Å²) >= 11 is 6.09. The lowest BCUT2D eigenvalue weighted by atomic mass is 10.2. The van der Waals surface area contributed by atoms with Crippen molar-refractivity contribution in [3.05, 3.63) is 11.6 Å². The number of hydrogen-bond acceptors (Lipinski definition) is 5. The highest BCUT2D eigenvalue weighted by atomic mass is 35.5. The highest BCUT2D eigenvalue weighted by Crippen LogP contribution is 2.32. The van der Waals surface area contributed by atoms with E-state index in [1.165, 1.54) is 25.7 Å². The zero-order chi connectivity index (χ0) is 15.4. The average Bonchev–Trinajstić information content (AvgIpc) is 3.15. The van der Waals surface area contributed by atoms with Gasteiger partial charge < -0.3 is 15.0 Å². The second-order valence-corrected chi connectivity index (χ2v) is 6.15. The van der Waals surface area contributed by atoms with E-state index in [2.05, 4.69) is 24.8 Å². The molecule has 1 fully saturated rings. The Bertz CT molecular complexity index is 624. The molecule has 0 unspecified atom stereocenters. The van der Waals surface area contributed by atoms with Gasteiger partial charge in [-0.05, 0) is 43.7 Å². The van der Waals surface area contributed by atoms with Crippen LogP contribution >= 0.6 is 11.6 Å². The molecule has 1 saturated carbocycles. The quantitative estimate of drug-likeness (QED) is 0.604. The number of halogens is 1. The number of nitrogens with one attached hydrogen (secondary N) is 1. The molecule has 3 rings (SSSR count). The van der Waals surface area contributed by atoms with E-state index in [0.29, 0.717) is 11.9 Å². The maximum Gasteiger partial charge on any atom is 0.226 e. The molecule has 0 spiro atoms. The summed E-state index contributed by atoms with van der Waals surface area (Å²) in [6.45, 7) is 1.04. The molecule has 0 saturated heterocycles. The van der Waals surface area contributed by atoms with Crippen LogP contribution in [0.25, 0.3) is 11.2 Å². The Morgan fingerprint density at radius 3 is 2.82 bits per heavy atom. The minimum atomic E-state index is 0.245. The summed E-state index contributed by atoms with van der Waals surface area (Å²) in [7, 11) is 0. The molecule has 120 valence electrons. The predicted molar refractivity (Wildman–Crippen MR) is 87.3 cm³/mol. The summed E-state index contributed by atoms with van der Waals surface area (Å²) in [6, 6.07) is 0.480. The van der Waals surface area contributed by atoms with Crippen LogP contribution in [0.2, 0.25) is 5.28 Å². The highest BCUT2D eigenvalue weighted by Gasteiger charge is 2.21. The average molecular weight is 324 g/mol. The first kappa shape index (κ1) is 15.5. The number of imidazole rings is 1. The molecule has 0 bridgehead atoms. The number of nitrogens with zero attached hydrogens (tertiary/aromatic N) is 4. The standard InChI is InChI=1S/C15H22ClN5O/c16-15-19-13(17-8-4-1-5-9-22)12-14(20-15)21(10-18-12)11-6-2-3-7-11/h10-11,22H,1-9H2,(H,17,19,20). The van der Waals surface area contributed by atoms with E-state index in [1.54, 1.807) is 0 Å². The van der Waals surface area contributed by atoms with E-state index < -0.39 is 0 Å². The van der Waals surface area contributed by atoms with Crippen molar-refractivity contribution in [1.29, 1.82) is 0 Å².